The van der Waals surface area contributed by atoms with E-state index >= 15 is 0 Å². The molecule has 0 atom stereocenters. The van der Waals surface area contributed by atoms with Crippen LogP contribution in [-0.2, 0) is 11.3 Å². The SMILES string of the molecule is C=CCN(CC=C)C(=O)CN(Cc1ccccc1F)C1CC1. The second-order valence-electron chi connectivity index (χ2n) is 5.60. The highest BCUT2D eigenvalue weighted by Gasteiger charge is 2.31. The van der Waals surface area contributed by atoms with E-state index in [1.54, 1.807) is 29.2 Å². The number of hydrogen-bond acceptors (Lipinski definition) is 2. The zero-order valence-corrected chi connectivity index (χ0v) is 12.9. The van der Waals surface area contributed by atoms with E-state index in [1.807, 2.05) is 6.07 Å². The van der Waals surface area contributed by atoms with E-state index in [2.05, 4.69) is 18.1 Å². The topological polar surface area (TPSA) is 23.6 Å². The molecule has 0 radical (unpaired) electrons. The highest BCUT2D eigenvalue weighted by atomic mass is 19.1. The zero-order valence-electron chi connectivity index (χ0n) is 12.9. The Balaban J connectivity index is 2.02. The maximum absolute atomic E-state index is 13.8. The molecule has 0 aromatic heterocycles. The number of amides is 1. The summed E-state index contributed by atoms with van der Waals surface area (Å²) in [7, 11) is 0. The summed E-state index contributed by atoms with van der Waals surface area (Å²) >= 11 is 0. The molecule has 0 heterocycles. The lowest BCUT2D eigenvalue weighted by molar-refractivity contribution is -0.131. The fourth-order valence-corrected chi connectivity index (χ4v) is 2.46. The van der Waals surface area contributed by atoms with Gasteiger partial charge in [-0.05, 0) is 18.9 Å². The van der Waals surface area contributed by atoms with Crippen molar-refractivity contribution in [2.24, 2.45) is 0 Å². The number of halogens is 1. The summed E-state index contributed by atoms with van der Waals surface area (Å²) in [5, 5.41) is 0. The minimum Gasteiger partial charge on any atom is -0.334 e. The number of carbonyl (C=O) groups excluding carboxylic acids is 1. The Morgan fingerprint density at radius 3 is 2.41 bits per heavy atom. The molecule has 1 aliphatic rings. The molecule has 22 heavy (non-hydrogen) atoms. The van der Waals surface area contributed by atoms with Crippen LogP contribution in [0.1, 0.15) is 18.4 Å². The van der Waals surface area contributed by atoms with Crippen LogP contribution in [0.2, 0.25) is 0 Å². The minimum atomic E-state index is -0.213. The van der Waals surface area contributed by atoms with Gasteiger partial charge in [0, 0.05) is 31.2 Å². The Kier molecular flexibility index (Phi) is 5.90. The average Bonchev–Trinajstić information content (AvgIpc) is 3.33. The smallest absolute Gasteiger partial charge is 0.237 e. The van der Waals surface area contributed by atoms with Gasteiger partial charge in [0.05, 0.1) is 6.54 Å². The summed E-state index contributed by atoms with van der Waals surface area (Å²) in [4.78, 5) is 16.2. The maximum Gasteiger partial charge on any atom is 0.237 e. The third kappa shape index (κ3) is 4.53. The van der Waals surface area contributed by atoms with Crippen molar-refractivity contribution in [2.75, 3.05) is 19.6 Å². The van der Waals surface area contributed by atoms with E-state index in [-0.39, 0.29) is 11.7 Å². The molecule has 0 spiro atoms. The molecule has 0 saturated heterocycles. The third-order valence-electron chi connectivity index (χ3n) is 3.78. The van der Waals surface area contributed by atoms with Crippen molar-refractivity contribution >= 4 is 5.91 Å². The number of carbonyl (C=O) groups is 1. The molecule has 0 aliphatic heterocycles. The van der Waals surface area contributed by atoms with Crippen LogP contribution in [0.25, 0.3) is 0 Å². The molecule has 1 aromatic carbocycles. The predicted octanol–water partition coefficient (Wildman–Crippen LogP) is 2.99. The second kappa shape index (κ2) is 7.90. The van der Waals surface area contributed by atoms with Gasteiger partial charge in [-0.25, -0.2) is 4.39 Å². The predicted molar refractivity (Wildman–Crippen MR) is 86.8 cm³/mol. The van der Waals surface area contributed by atoms with Crippen molar-refractivity contribution in [3.63, 3.8) is 0 Å². The van der Waals surface area contributed by atoms with Gasteiger partial charge in [0.2, 0.25) is 5.91 Å². The van der Waals surface area contributed by atoms with Crippen LogP contribution in [0, 0.1) is 5.82 Å². The van der Waals surface area contributed by atoms with Crippen molar-refractivity contribution in [3.8, 4) is 0 Å². The number of hydrogen-bond donors (Lipinski definition) is 0. The molecule has 0 bridgehead atoms. The van der Waals surface area contributed by atoms with Crippen molar-refractivity contribution < 1.29 is 9.18 Å². The monoisotopic (exact) mass is 302 g/mol. The van der Waals surface area contributed by atoms with Gasteiger partial charge < -0.3 is 4.90 Å². The van der Waals surface area contributed by atoms with Gasteiger partial charge >= 0.3 is 0 Å². The zero-order chi connectivity index (χ0) is 15.9. The van der Waals surface area contributed by atoms with Gasteiger partial charge in [0.1, 0.15) is 5.82 Å². The molecule has 1 aliphatic carbocycles. The molecule has 0 N–H and O–H groups in total. The summed E-state index contributed by atoms with van der Waals surface area (Å²) in [6, 6.07) is 7.14. The molecule has 1 saturated carbocycles. The minimum absolute atomic E-state index is 0.0306. The van der Waals surface area contributed by atoms with Crippen molar-refractivity contribution in [1.82, 2.24) is 9.80 Å². The molecular formula is C18H23FN2O. The van der Waals surface area contributed by atoms with Gasteiger partial charge in [-0.1, -0.05) is 30.4 Å². The van der Waals surface area contributed by atoms with Gasteiger partial charge in [-0.15, -0.1) is 13.2 Å². The molecule has 1 amide bonds. The molecule has 118 valence electrons. The molecule has 2 rings (SSSR count). The van der Waals surface area contributed by atoms with Crippen LogP contribution >= 0.6 is 0 Å². The highest BCUT2D eigenvalue weighted by Crippen LogP contribution is 2.28. The first-order chi connectivity index (χ1) is 10.7. The fourth-order valence-electron chi connectivity index (χ4n) is 2.46. The van der Waals surface area contributed by atoms with Gasteiger partial charge in [-0.2, -0.15) is 0 Å². The Morgan fingerprint density at radius 2 is 1.86 bits per heavy atom. The summed E-state index contributed by atoms with van der Waals surface area (Å²) < 4.78 is 13.8. The van der Waals surface area contributed by atoms with Crippen LogP contribution in [0.3, 0.4) is 0 Å². The first-order valence-corrected chi connectivity index (χ1v) is 7.62. The maximum atomic E-state index is 13.8. The van der Waals surface area contributed by atoms with Crippen molar-refractivity contribution in [2.45, 2.75) is 25.4 Å². The standard InChI is InChI=1S/C18H23FN2O/c1-3-11-20(12-4-2)18(22)14-21(16-9-10-16)13-15-7-5-6-8-17(15)19/h3-8,16H,1-2,9-14H2. The molecule has 4 heteroatoms. The fraction of sp³-hybridized carbons (Fsp3) is 0.389. The van der Waals surface area contributed by atoms with Gasteiger partial charge in [-0.3, -0.25) is 9.69 Å². The third-order valence-corrected chi connectivity index (χ3v) is 3.78. The molecular weight excluding hydrogens is 279 g/mol. The summed E-state index contributed by atoms with van der Waals surface area (Å²) in [5.41, 5.74) is 0.640. The van der Waals surface area contributed by atoms with Crippen LogP contribution < -0.4 is 0 Å². The van der Waals surface area contributed by atoms with Gasteiger partial charge in [0.25, 0.3) is 0 Å². The second-order valence-corrected chi connectivity index (χ2v) is 5.60. The molecule has 1 fully saturated rings. The Hall–Kier alpha value is -1.94. The van der Waals surface area contributed by atoms with E-state index in [4.69, 9.17) is 0 Å². The van der Waals surface area contributed by atoms with Crippen molar-refractivity contribution in [1.29, 1.82) is 0 Å². The van der Waals surface area contributed by atoms with Crippen molar-refractivity contribution in [3.05, 3.63) is 61.0 Å². The molecule has 3 nitrogen and oxygen atoms in total. The van der Waals surface area contributed by atoms with E-state index in [0.29, 0.717) is 37.8 Å². The van der Waals surface area contributed by atoms with Crippen LogP contribution in [0.5, 0.6) is 0 Å². The lowest BCUT2D eigenvalue weighted by Crippen LogP contribution is -2.41. The number of nitrogens with zero attached hydrogens (tertiary/aromatic N) is 2. The number of benzene rings is 1. The lowest BCUT2D eigenvalue weighted by Gasteiger charge is -2.26. The van der Waals surface area contributed by atoms with Crippen LogP contribution in [0.4, 0.5) is 4.39 Å². The lowest BCUT2D eigenvalue weighted by atomic mass is 10.2. The van der Waals surface area contributed by atoms with E-state index in [1.165, 1.54) is 6.07 Å². The normalized spacial score (nSPS) is 13.9. The first-order valence-electron chi connectivity index (χ1n) is 7.62. The summed E-state index contributed by atoms with van der Waals surface area (Å²) in [6.07, 6.45) is 5.56. The Labute approximate surface area is 131 Å². The van der Waals surface area contributed by atoms with E-state index in [9.17, 15) is 9.18 Å². The molecule has 0 unspecified atom stereocenters. The molecule has 1 aromatic rings. The van der Waals surface area contributed by atoms with Gasteiger partial charge in [0.15, 0.2) is 0 Å². The number of rotatable bonds is 9. The Bertz CT molecular complexity index is 530. The summed E-state index contributed by atoms with van der Waals surface area (Å²) in [5.74, 6) is -0.183. The first kappa shape index (κ1) is 16.4. The van der Waals surface area contributed by atoms with E-state index < -0.39 is 0 Å². The largest absolute Gasteiger partial charge is 0.334 e. The summed E-state index contributed by atoms with van der Waals surface area (Å²) in [6.45, 7) is 9.14. The van der Waals surface area contributed by atoms with Crippen LogP contribution in [-0.4, -0.2) is 41.4 Å². The highest BCUT2D eigenvalue weighted by molar-refractivity contribution is 5.78. The Morgan fingerprint density at radius 1 is 1.23 bits per heavy atom. The average molecular weight is 302 g/mol. The van der Waals surface area contributed by atoms with E-state index in [0.717, 1.165) is 12.8 Å². The van der Waals surface area contributed by atoms with Crippen LogP contribution in [0.15, 0.2) is 49.6 Å². The quantitative estimate of drug-likeness (QED) is 0.655.